The summed E-state index contributed by atoms with van der Waals surface area (Å²) in [5.74, 6) is -0.538. The van der Waals surface area contributed by atoms with Crippen molar-refractivity contribution < 1.29 is 23.9 Å². The van der Waals surface area contributed by atoms with Crippen LogP contribution in [0.2, 0.25) is 0 Å². The molecule has 4 amide bonds. The van der Waals surface area contributed by atoms with E-state index in [9.17, 15) is 19.2 Å². The Hall–Kier alpha value is -2.99. The summed E-state index contributed by atoms with van der Waals surface area (Å²) in [4.78, 5) is 49.6. The minimum Gasteiger partial charge on any atom is -0.465 e. The first kappa shape index (κ1) is 22.2. The van der Waals surface area contributed by atoms with Crippen molar-refractivity contribution in [1.29, 1.82) is 0 Å². The van der Waals surface area contributed by atoms with Crippen LogP contribution in [-0.2, 0) is 20.1 Å². The summed E-state index contributed by atoms with van der Waals surface area (Å²) in [5, 5.41) is 13.6. The molecule has 1 atom stereocenters. The van der Waals surface area contributed by atoms with Crippen LogP contribution in [0.1, 0.15) is 35.7 Å². The molecule has 0 radical (unpaired) electrons. The lowest BCUT2D eigenvalue weighted by atomic mass is 9.96. The Kier molecular flexibility index (Phi) is 6.15. The maximum Gasteiger partial charge on any atom is 0.337 e. The van der Waals surface area contributed by atoms with Crippen LogP contribution in [0, 0.1) is 5.92 Å². The SMILES string of the molecule is COC(=O)c1ccc(CSc2nnc(NC(=O)CN3C(=O)NC(C)(C4CC4)C3=O)s2)cc1. The standard InChI is InChI=1S/C20H21N5O5S2/c1-20(13-7-8-13)16(28)25(18(29)22-20)9-14(26)21-17-23-24-19(32-17)31-10-11-3-5-12(6-4-11)15(27)30-2/h3-6,13H,7-10H2,1-2H3,(H,22,29)(H,21,23,26). The van der Waals surface area contributed by atoms with Crippen LogP contribution in [-0.4, -0.2) is 58.1 Å². The molecule has 1 saturated heterocycles. The third kappa shape index (κ3) is 4.60. The molecule has 2 aliphatic rings. The van der Waals surface area contributed by atoms with Crippen LogP contribution in [0.15, 0.2) is 28.6 Å². The largest absolute Gasteiger partial charge is 0.465 e. The number of carbonyl (C=O) groups excluding carboxylic acids is 4. The number of thioether (sulfide) groups is 1. The van der Waals surface area contributed by atoms with E-state index in [2.05, 4.69) is 25.6 Å². The average molecular weight is 476 g/mol. The van der Waals surface area contributed by atoms with Crippen LogP contribution in [0.25, 0.3) is 0 Å². The monoisotopic (exact) mass is 475 g/mol. The highest BCUT2D eigenvalue weighted by Gasteiger charge is 2.56. The van der Waals surface area contributed by atoms with Crippen molar-refractivity contribution in [3.8, 4) is 0 Å². The van der Waals surface area contributed by atoms with Crippen LogP contribution < -0.4 is 10.6 Å². The van der Waals surface area contributed by atoms with Gasteiger partial charge in [-0.3, -0.25) is 19.8 Å². The highest BCUT2D eigenvalue weighted by molar-refractivity contribution is 8.00. The summed E-state index contributed by atoms with van der Waals surface area (Å²) in [6.07, 6.45) is 1.78. The van der Waals surface area contributed by atoms with Gasteiger partial charge in [-0.25, -0.2) is 9.59 Å². The fraction of sp³-hybridized carbons (Fsp3) is 0.400. The molecule has 2 N–H and O–H groups in total. The molecule has 2 fully saturated rings. The number of carbonyl (C=O) groups is 4. The van der Waals surface area contributed by atoms with Crippen molar-refractivity contribution >= 4 is 52.0 Å². The van der Waals surface area contributed by atoms with Gasteiger partial charge in [-0.2, -0.15) is 0 Å². The van der Waals surface area contributed by atoms with Crippen molar-refractivity contribution in [3.05, 3.63) is 35.4 Å². The number of hydrogen-bond acceptors (Lipinski definition) is 9. The van der Waals surface area contributed by atoms with Gasteiger partial charge in [0.25, 0.3) is 5.91 Å². The third-order valence-corrected chi connectivity index (χ3v) is 7.43. The minimum absolute atomic E-state index is 0.131. The van der Waals surface area contributed by atoms with Gasteiger partial charge in [0.05, 0.1) is 12.7 Å². The van der Waals surface area contributed by atoms with Gasteiger partial charge in [-0.1, -0.05) is 35.2 Å². The fourth-order valence-corrected chi connectivity index (χ4v) is 5.14. The van der Waals surface area contributed by atoms with E-state index in [1.165, 1.54) is 30.2 Å². The molecule has 1 unspecified atom stereocenters. The molecule has 1 saturated carbocycles. The first-order valence-electron chi connectivity index (χ1n) is 9.87. The lowest BCUT2D eigenvalue weighted by Gasteiger charge is -2.20. The molecule has 2 heterocycles. The minimum atomic E-state index is -0.918. The molecule has 2 aromatic rings. The number of urea groups is 1. The topological polar surface area (TPSA) is 131 Å². The van der Waals surface area contributed by atoms with Gasteiger partial charge in [0.2, 0.25) is 11.0 Å². The molecule has 32 heavy (non-hydrogen) atoms. The Bertz CT molecular complexity index is 1070. The Morgan fingerprint density at radius 2 is 2.00 bits per heavy atom. The molecular weight excluding hydrogens is 454 g/mol. The van der Waals surface area contributed by atoms with Crippen molar-refractivity contribution in [2.24, 2.45) is 5.92 Å². The molecule has 12 heteroatoms. The van der Waals surface area contributed by atoms with E-state index in [1.807, 2.05) is 12.1 Å². The number of hydrogen-bond donors (Lipinski definition) is 2. The zero-order valence-electron chi connectivity index (χ0n) is 17.4. The van der Waals surface area contributed by atoms with E-state index in [0.29, 0.717) is 15.7 Å². The van der Waals surface area contributed by atoms with E-state index in [1.54, 1.807) is 19.1 Å². The summed E-state index contributed by atoms with van der Waals surface area (Å²) >= 11 is 2.63. The number of esters is 1. The molecule has 0 spiro atoms. The van der Waals surface area contributed by atoms with E-state index in [0.717, 1.165) is 23.3 Å². The molecular formula is C20H21N5O5S2. The highest BCUT2D eigenvalue weighted by atomic mass is 32.2. The second-order valence-corrected chi connectivity index (χ2v) is 9.90. The summed E-state index contributed by atoms with van der Waals surface area (Å²) < 4.78 is 5.32. The number of benzene rings is 1. The zero-order chi connectivity index (χ0) is 22.9. The van der Waals surface area contributed by atoms with E-state index >= 15 is 0 Å². The van der Waals surface area contributed by atoms with Crippen molar-refractivity contribution in [2.75, 3.05) is 19.0 Å². The molecule has 0 bridgehead atoms. The first-order valence-corrected chi connectivity index (χ1v) is 11.7. The maximum absolute atomic E-state index is 12.6. The van der Waals surface area contributed by atoms with Gasteiger partial charge in [0, 0.05) is 5.75 Å². The number of nitrogens with one attached hydrogen (secondary N) is 2. The van der Waals surface area contributed by atoms with Crippen LogP contribution >= 0.6 is 23.1 Å². The second-order valence-electron chi connectivity index (χ2n) is 7.70. The summed E-state index contributed by atoms with van der Waals surface area (Å²) in [6, 6.07) is 6.49. The average Bonchev–Trinajstić information content (AvgIpc) is 3.52. The molecule has 168 valence electrons. The number of amides is 4. The summed E-state index contributed by atoms with van der Waals surface area (Å²) in [7, 11) is 1.33. The third-order valence-electron chi connectivity index (χ3n) is 5.39. The molecule has 1 aromatic carbocycles. The van der Waals surface area contributed by atoms with Crippen LogP contribution in [0.5, 0.6) is 0 Å². The van der Waals surface area contributed by atoms with E-state index < -0.39 is 17.5 Å². The molecule has 10 nitrogen and oxygen atoms in total. The number of aromatic nitrogens is 2. The second kappa shape index (κ2) is 8.87. The maximum atomic E-state index is 12.6. The van der Waals surface area contributed by atoms with Crippen molar-refractivity contribution in [1.82, 2.24) is 20.4 Å². The lowest BCUT2D eigenvalue weighted by Crippen LogP contribution is -2.46. The summed E-state index contributed by atoms with van der Waals surface area (Å²) in [6.45, 7) is 1.33. The van der Waals surface area contributed by atoms with Crippen molar-refractivity contribution in [3.63, 3.8) is 0 Å². The van der Waals surface area contributed by atoms with Gasteiger partial charge < -0.3 is 10.1 Å². The quantitative estimate of drug-likeness (QED) is 0.257. The van der Waals surface area contributed by atoms with Gasteiger partial charge in [-0.05, 0) is 43.4 Å². The van der Waals surface area contributed by atoms with Gasteiger partial charge in [-0.15, -0.1) is 10.2 Å². The lowest BCUT2D eigenvalue weighted by molar-refractivity contribution is -0.134. The van der Waals surface area contributed by atoms with E-state index in [4.69, 9.17) is 0 Å². The van der Waals surface area contributed by atoms with Crippen LogP contribution in [0.4, 0.5) is 9.93 Å². The molecule has 4 rings (SSSR count). The first-order chi connectivity index (χ1) is 15.3. The Morgan fingerprint density at radius 3 is 2.66 bits per heavy atom. The Labute approximate surface area is 192 Å². The fourth-order valence-electron chi connectivity index (χ4n) is 3.42. The number of imide groups is 1. The number of rotatable bonds is 8. The zero-order valence-corrected chi connectivity index (χ0v) is 19.0. The Morgan fingerprint density at radius 1 is 1.28 bits per heavy atom. The Balaban J connectivity index is 1.28. The van der Waals surface area contributed by atoms with Gasteiger partial charge >= 0.3 is 12.0 Å². The molecule has 1 aliphatic carbocycles. The smallest absolute Gasteiger partial charge is 0.337 e. The van der Waals surface area contributed by atoms with Crippen molar-refractivity contribution in [2.45, 2.75) is 35.4 Å². The molecule has 1 aromatic heterocycles. The number of methoxy groups -OCH3 is 1. The molecule has 1 aliphatic heterocycles. The highest BCUT2D eigenvalue weighted by Crippen LogP contribution is 2.42. The number of ether oxygens (including phenoxy) is 1. The predicted octanol–water partition coefficient (Wildman–Crippen LogP) is 2.28. The van der Waals surface area contributed by atoms with E-state index in [-0.39, 0.29) is 29.5 Å². The predicted molar refractivity (Wildman–Crippen MR) is 117 cm³/mol. The van der Waals surface area contributed by atoms with Gasteiger partial charge in [0.1, 0.15) is 12.1 Å². The van der Waals surface area contributed by atoms with Crippen LogP contribution in [0.3, 0.4) is 0 Å². The van der Waals surface area contributed by atoms with Gasteiger partial charge in [0.15, 0.2) is 4.34 Å². The normalized spacial score (nSPS) is 20.2. The number of anilines is 1. The summed E-state index contributed by atoms with van der Waals surface area (Å²) in [5.41, 5.74) is 0.546. The number of nitrogens with zero attached hydrogens (tertiary/aromatic N) is 3.